The minimum atomic E-state index is -0.771. The van der Waals surface area contributed by atoms with Gasteiger partial charge in [-0.25, -0.2) is 0 Å². The summed E-state index contributed by atoms with van der Waals surface area (Å²) in [5.74, 6) is 3.17. The van der Waals surface area contributed by atoms with Gasteiger partial charge >= 0.3 is 0 Å². The van der Waals surface area contributed by atoms with Crippen LogP contribution < -0.4 is 0 Å². The highest BCUT2D eigenvalue weighted by Crippen LogP contribution is 2.49. The first-order chi connectivity index (χ1) is 11.6. The first-order valence-electron chi connectivity index (χ1n) is 10.3. The normalized spacial score (nSPS) is 42.5. The number of ether oxygens (including phenoxy) is 2. The van der Waals surface area contributed by atoms with Crippen molar-refractivity contribution < 1.29 is 19.7 Å². The molecule has 3 aliphatic rings. The van der Waals surface area contributed by atoms with E-state index < -0.39 is 18.9 Å². The van der Waals surface area contributed by atoms with E-state index in [1.54, 1.807) is 0 Å². The van der Waals surface area contributed by atoms with Crippen LogP contribution in [0.2, 0.25) is 0 Å². The van der Waals surface area contributed by atoms with Crippen molar-refractivity contribution in [2.24, 2.45) is 29.6 Å². The minimum Gasteiger partial charge on any atom is -0.368 e. The third kappa shape index (κ3) is 4.32. The molecule has 4 nitrogen and oxygen atoms in total. The summed E-state index contributed by atoms with van der Waals surface area (Å²) in [6, 6.07) is 0. The summed E-state index contributed by atoms with van der Waals surface area (Å²) >= 11 is 0. The molecule has 0 aromatic carbocycles. The molecule has 8 unspecified atom stereocenters. The molecule has 8 atom stereocenters. The number of aliphatic hydroxyl groups excluding tert-OH is 2. The van der Waals surface area contributed by atoms with Gasteiger partial charge in [0.15, 0.2) is 18.9 Å². The lowest BCUT2D eigenvalue weighted by molar-refractivity contribution is -0.266. The second-order valence-electron chi connectivity index (χ2n) is 8.49. The molecule has 4 heteroatoms. The maximum Gasteiger partial charge on any atom is 0.164 e. The van der Waals surface area contributed by atoms with Crippen LogP contribution in [0.25, 0.3) is 0 Å². The van der Waals surface area contributed by atoms with Crippen molar-refractivity contribution in [1.82, 2.24) is 0 Å². The van der Waals surface area contributed by atoms with Crippen LogP contribution in [0.5, 0.6) is 0 Å². The highest BCUT2D eigenvalue weighted by molar-refractivity contribution is 4.90. The molecule has 140 valence electrons. The number of hydrogen-bond donors (Lipinski definition) is 2. The number of hydrogen-bond acceptors (Lipinski definition) is 4. The fraction of sp³-hybridized carbons (Fsp3) is 1.00. The predicted molar refractivity (Wildman–Crippen MR) is 92.9 cm³/mol. The Morgan fingerprint density at radius 3 is 2.42 bits per heavy atom. The van der Waals surface area contributed by atoms with Crippen molar-refractivity contribution in [3.8, 4) is 0 Å². The van der Waals surface area contributed by atoms with Gasteiger partial charge in [0.2, 0.25) is 0 Å². The molecule has 1 aliphatic heterocycles. The first kappa shape index (κ1) is 18.6. The van der Waals surface area contributed by atoms with E-state index in [9.17, 15) is 10.2 Å². The Kier molecular flexibility index (Phi) is 6.58. The van der Waals surface area contributed by atoms with Gasteiger partial charge in [-0.1, -0.05) is 46.0 Å². The quantitative estimate of drug-likeness (QED) is 0.716. The Morgan fingerprint density at radius 2 is 1.79 bits per heavy atom. The molecule has 3 rings (SSSR count). The van der Waals surface area contributed by atoms with Crippen LogP contribution in [0.15, 0.2) is 0 Å². The number of rotatable bonds is 6. The van der Waals surface area contributed by atoms with Gasteiger partial charge < -0.3 is 19.7 Å². The van der Waals surface area contributed by atoms with Crippen molar-refractivity contribution in [2.75, 3.05) is 0 Å². The van der Waals surface area contributed by atoms with Gasteiger partial charge in [0.05, 0.1) is 0 Å². The van der Waals surface area contributed by atoms with E-state index in [1.807, 2.05) is 0 Å². The lowest BCUT2D eigenvalue weighted by atomic mass is 9.60. The lowest BCUT2D eigenvalue weighted by Gasteiger charge is -2.46. The van der Waals surface area contributed by atoms with E-state index in [0.717, 1.165) is 24.7 Å². The van der Waals surface area contributed by atoms with Gasteiger partial charge in [-0.2, -0.15) is 0 Å². The van der Waals surface area contributed by atoms with E-state index in [1.165, 1.54) is 38.5 Å². The topological polar surface area (TPSA) is 58.9 Å². The molecule has 1 heterocycles. The average molecular weight is 341 g/mol. The maximum absolute atomic E-state index is 10.8. The summed E-state index contributed by atoms with van der Waals surface area (Å²) in [7, 11) is 0. The monoisotopic (exact) mass is 340 g/mol. The van der Waals surface area contributed by atoms with Crippen LogP contribution >= 0.6 is 0 Å². The molecule has 3 fully saturated rings. The molecule has 0 spiro atoms. The molecule has 24 heavy (non-hydrogen) atoms. The molecule has 2 N–H and O–H groups in total. The van der Waals surface area contributed by atoms with E-state index in [2.05, 4.69) is 13.8 Å². The van der Waals surface area contributed by atoms with E-state index in [-0.39, 0.29) is 5.92 Å². The maximum atomic E-state index is 10.8. The van der Waals surface area contributed by atoms with Gasteiger partial charge in [-0.15, -0.1) is 0 Å². The van der Waals surface area contributed by atoms with E-state index >= 15 is 0 Å². The molecule has 1 saturated heterocycles. The SMILES string of the molecule is CCCC(C(O)OC1CCC(O)O1)C1CC2CCCCC2CC1C. The molecule has 0 radical (unpaired) electrons. The summed E-state index contributed by atoms with van der Waals surface area (Å²) < 4.78 is 11.1. The molecular formula is C20H36O4. The molecular weight excluding hydrogens is 304 g/mol. The summed E-state index contributed by atoms with van der Waals surface area (Å²) in [5, 5.41) is 20.3. The summed E-state index contributed by atoms with van der Waals surface area (Å²) in [6.07, 6.45) is 9.53. The molecule has 0 aromatic rings. The van der Waals surface area contributed by atoms with Crippen LogP contribution in [-0.4, -0.2) is 29.1 Å². The van der Waals surface area contributed by atoms with Crippen molar-refractivity contribution >= 4 is 0 Å². The van der Waals surface area contributed by atoms with Gasteiger partial charge in [-0.05, 0) is 42.9 Å². The fourth-order valence-corrected chi connectivity index (χ4v) is 5.58. The van der Waals surface area contributed by atoms with Crippen molar-refractivity contribution in [3.05, 3.63) is 0 Å². The van der Waals surface area contributed by atoms with E-state index in [4.69, 9.17) is 9.47 Å². The zero-order chi connectivity index (χ0) is 17.1. The van der Waals surface area contributed by atoms with Crippen molar-refractivity contribution in [1.29, 1.82) is 0 Å². The molecule has 0 amide bonds. The second-order valence-corrected chi connectivity index (χ2v) is 8.49. The zero-order valence-corrected chi connectivity index (χ0v) is 15.4. The lowest BCUT2D eigenvalue weighted by Crippen LogP contribution is -2.41. The molecule has 2 saturated carbocycles. The number of aliphatic hydroxyl groups is 2. The Morgan fingerprint density at radius 1 is 1.08 bits per heavy atom. The average Bonchev–Trinajstić information content (AvgIpc) is 2.97. The fourth-order valence-electron chi connectivity index (χ4n) is 5.58. The Balaban J connectivity index is 1.62. The minimum absolute atomic E-state index is 0.189. The zero-order valence-electron chi connectivity index (χ0n) is 15.4. The van der Waals surface area contributed by atoms with E-state index in [0.29, 0.717) is 24.7 Å². The summed E-state index contributed by atoms with van der Waals surface area (Å²) in [4.78, 5) is 0. The van der Waals surface area contributed by atoms with Gasteiger partial charge in [0.25, 0.3) is 0 Å². The molecule has 2 aliphatic carbocycles. The largest absolute Gasteiger partial charge is 0.368 e. The van der Waals surface area contributed by atoms with Crippen LogP contribution in [0.1, 0.15) is 78.1 Å². The van der Waals surface area contributed by atoms with Crippen LogP contribution in [0.4, 0.5) is 0 Å². The third-order valence-electron chi connectivity index (χ3n) is 6.83. The van der Waals surface area contributed by atoms with Crippen molar-refractivity contribution in [3.63, 3.8) is 0 Å². The predicted octanol–water partition coefficient (Wildman–Crippen LogP) is 4.05. The number of fused-ring (bicyclic) bond motifs is 1. The van der Waals surface area contributed by atoms with Crippen LogP contribution in [0, 0.1) is 29.6 Å². The Bertz CT molecular complexity index is 388. The highest BCUT2D eigenvalue weighted by atomic mass is 16.8. The van der Waals surface area contributed by atoms with Crippen molar-refractivity contribution in [2.45, 2.75) is 96.9 Å². The van der Waals surface area contributed by atoms with Gasteiger partial charge in [0, 0.05) is 18.8 Å². The standard InChI is InChI=1S/C20H36O4/c1-3-6-16(20(22)24-19-10-9-18(21)23-19)17-12-15-8-5-4-7-14(15)11-13(17)2/h13-22H,3-12H2,1-2H3. The highest BCUT2D eigenvalue weighted by Gasteiger charge is 2.42. The Hall–Kier alpha value is -0.160. The van der Waals surface area contributed by atoms with Crippen LogP contribution in [0.3, 0.4) is 0 Å². The molecule has 0 bridgehead atoms. The summed E-state index contributed by atoms with van der Waals surface area (Å²) in [5.41, 5.74) is 0. The smallest absolute Gasteiger partial charge is 0.164 e. The Labute approximate surface area is 146 Å². The second kappa shape index (κ2) is 8.48. The first-order valence-corrected chi connectivity index (χ1v) is 10.3. The third-order valence-corrected chi connectivity index (χ3v) is 6.83. The molecule has 0 aromatic heterocycles. The van der Waals surface area contributed by atoms with Gasteiger partial charge in [-0.3, -0.25) is 0 Å². The van der Waals surface area contributed by atoms with Gasteiger partial charge in [0.1, 0.15) is 0 Å². The van der Waals surface area contributed by atoms with Crippen LogP contribution in [-0.2, 0) is 9.47 Å². The summed E-state index contributed by atoms with van der Waals surface area (Å²) in [6.45, 7) is 4.56.